The molecule has 0 radical (unpaired) electrons. The van der Waals surface area contributed by atoms with E-state index in [4.69, 9.17) is 34.3 Å². The number of pyridine rings is 1. The maximum Gasteiger partial charge on any atom is 0.123 e. The molecule has 2 N–H and O–H groups in total. The molecule has 1 heterocycles. The molecule has 1 aromatic carbocycles. The molecule has 3 nitrogen and oxygen atoms in total. The highest BCUT2D eigenvalue weighted by atomic mass is 35.5. The monoisotopic (exact) mass is 278 g/mol. The fourth-order valence-corrected chi connectivity index (χ4v) is 1.78. The van der Waals surface area contributed by atoms with Crippen LogP contribution in [0.2, 0.25) is 5.02 Å². The average Bonchev–Trinajstić information content (AvgIpc) is 2.38. The third-order valence-electron chi connectivity index (χ3n) is 2.33. The molecule has 2 rings (SSSR count). The van der Waals surface area contributed by atoms with Crippen LogP contribution >= 0.6 is 23.8 Å². The van der Waals surface area contributed by atoms with Gasteiger partial charge in [0.25, 0.3) is 0 Å². The number of nitrogens with zero attached hydrogens (tertiary/aromatic N) is 1. The Labute approximate surface area is 116 Å². The third kappa shape index (κ3) is 3.18. The van der Waals surface area contributed by atoms with E-state index in [-0.39, 0.29) is 4.99 Å². The minimum Gasteiger partial charge on any atom is -0.489 e. The molecule has 0 saturated carbocycles. The molecule has 0 atom stereocenters. The summed E-state index contributed by atoms with van der Waals surface area (Å²) in [4.78, 5) is 4.41. The van der Waals surface area contributed by atoms with Crippen molar-refractivity contribution < 1.29 is 4.74 Å². The predicted octanol–water partition coefficient (Wildman–Crippen LogP) is 2.95. The molecule has 0 unspecified atom stereocenters. The largest absolute Gasteiger partial charge is 0.489 e. The van der Waals surface area contributed by atoms with E-state index < -0.39 is 0 Å². The second-order valence-corrected chi connectivity index (χ2v) is 4.49. The van der Waals surface area contributed by atoms with Gasteiger partial charge in [-0.3, -0.25) is 4.98 Å². The number of hydrogen-bond acceptors (Lipinski definition) is 3. The number of halogens is 1. The first kappa shape index (κ1) is 12.8. The van der Waals surface area contributed by atoms with E-state index in [1.54, 1.807) is 30.5 Å². The maximum atomic E-state index is 5.80. The van der Waals surface area contributed by atoms with Crippen LogP contribution in [0.5, 0.6) is 5.75 Å². The smallest absolute Gasteiger partial charge is 0.123 e. The molecule has 1 aromatic heterocycles. The quantitative estimate of drug-likeness (QED) is 0.874. The molecule has 18 heavy (non-hydrogen) atoms. The van der Waals surface area contributed by atoms with Crippen molar-refractivity contribution in [3.63, 3.8) is 0 Å². The molecule has 92 valence electrons. The number of thiocarbonyl (C=S) groups is 1. The van der Waals surface area contributed by atoms with Crippen molar-refractivity contribution in [2.75, 3.05) is 0 Å². The average molecular weight is 279 g/mol. The van der Waals surface area contributed by atoms with Gasteiger partial charge in [-0.05, 0) is 30.3 Å². The minimum atomic E-state index is 0.269. The van der Waals surface area contributed by atoms with Crippen molar-refractivity contribution >= 4 is 28.8 Å². The SMILES string of the molecule is NC(=S)c1ncccc1COc1ccc(Cl)cc1. The highest BCUT2D eigenvalue weighted by Gasteiger charge is 2.06. The molecule has 0 spiro atoms. The van der Waals surface area contributed by atoms with Gasteiger partial charge in [-0.2, -0.15) is 0 Å². The van der Waals surface area contributed by atoms with Crippen molar-refractivity contribution in [3.8, 4) is 5.75 Å². The van der Waals surface area contributed by atoms with Gasteiger partial charge in [-0.1, -0.05) is 29.9 Å². The molecule has 0 aliphatic carbocycles. The van der Waals surface area contributed by atoms with Crippen LogP contribution in [0.1, 0.15) is 11.3 Å². The van der Waals surface area contributed by atoms with Gasteiger partial charge in [0.2, 0.25) is 0 Å². The van der Waals surface area contributed by atoms with Crippen molar-refractivity contribution in [3.05, 3.63) is 58.9 Å². The highest BCUT2D eigenvalue weighted by Crippen LogP contribution is 2.17. The minimum absolute atomic E-state index is 0.269. The second kappa shape index (κ2) is 5.80. The van der Waals surface area contributed by atoms with Crippen LogP contribution in [0.3, 0.4) is 0 Å². The predicted molar refractivity (Wildman–Crippen MR) is 75.9 cm³/mol. The normalized spacial score (nSPS) is 10.1. The first-order valence-electron chi connectivity index (χ1n) is 5.29. The van der Waals surface area contributed by atoms with Crippen LogP contribution in [0.25, 0.3) is 0 Å². The Balaban J connectivity index is 2.10. The van der Waals surface area contributed by atoms with Crippen molar-refractivity contribution in [1.82, 2.24) is 4.98 Å². The molecular formula is C13H11ClN2OS. The molecular weight excluding hydrogens is 268 g/mol. The van der Waals surface area contributed by atoms with E-state index in [9.17, 15) is 0 Å². The molecule has 0 bridgehead atoms. The summed E-state index contributed by atoms with van der Waals surface area (Å²) in [5, 5.41) is 0.674. The summed E-state index contributed by atoms with van der Waals surface area (Å²) in [5.74, 6) is 0.733. The summed E-state index contributed by atoms with van der Waals surface area (Å²) >= 11 is 10.7. The van der Waals surface area contributed by atoms with Crippen LogP contribution in [0, 0.1) is 0 Å². The van der Waals surface area contributed by atoms with E-state index in [1.165, 1.54) is 0 Å². The number of nitrogens with two attached hydrogens (primary N) is 1. The van der Waals surface area contributed by atoms with E-state index in [0.29, 0.717) is 17.3 Å². The Morgan fingerprint density at radius 3 is 2.67 bits per heavy atom. The van der Waals surface area contributed by atoms with Crippen LogP contribution in [-0.2, 0) is 6.61 Å². The summed E-state index contributed by atoms with van der Waals surface area (Å²) in [6.07, 6.45) is 1.65. The lowest BCUT2D eigenvalue weighted by molar-refractivity contribution is 0.305. The molecule has 0 amide bonds. The standard InChI is InChI=1S/C13H11ClN2OS/c14-10-3-5-11(6-4-10)17-8-9-2-1-7-16-12(9)13(15)18/h1-7H,8H2,(H2,15,18). The van der Waals surface area contributed by atoms with Gasteiger partial charge in [-0.15, -0.1) is 0 Å². The van der Waals surface area contributed by atoms with Crippen molar-refractivity contribution in [1.29, 1.82) is 0 Å². The van der Waals surface area contributed by atoms with Gasteiger partial charge in [-0.25, -0.2) is 0 Å². The summed E-state index contributed by atoms with van der Waals surface area (Å²) in [7, 11) is 0. The van der Waals surface area contributed by atoms with Crippen LogP contribution in [0.4, 0.5) is 0 Å². The number of rotatable bonds is 4. The first-order chi connectivity index (χ1) is 8.66. The topological polar surface area (TPSA) is 48.1 Å². The Morgan fingerprint density at radius 2 is 2.00 bits per heavy atom. The molecule has 0 aliphatic heterocycles. The zero-order valence-electron chi connectivity index (χ0n) is 9.47. The molecule has 0 aliphatic rings. The van der Waals surface area contributed by atoms with E-state index in [2.05, 4.69) is 4.98 Å². The van der Waals surface area contributed by atoms with Crippen LogP contribution in [-0.4, -0.2) is 9.97 Å². The number of hydrogen-bond donors (Lipinski definition) is 1. The lowest BCUT2D eigenvalue weighted by Crippen LogP contribution is -2.15. The molecule has 0 fully saturated rings. The van der Waals surface area contributed by atoms with Gasteiger partial charge < -0.3 is 10.5 Å². The van der Waals surface area contributed by atoms with Crippen LogP contribution < -0.4 is 10.5 Å². The van der Waals surface area contributed by atoms with E-state index in [0.717, 1.165) is 11.3 Å². The fourth-order valence-electron chi connectivity index (χ4n) is 1.47. The van der Waals surface area contributed by atoms with Gasteiger partial charge in [0.1, 0.15) is 23.0 Å². The Hall–Kier alpha value is -1.65. The molecule has 0 saturated heterocycles. The van der Waals surface area contributed by atoms with Crippen molar-refractivity contribution in [2.24, 2.45) is 5.73 Å². The lowest BCUT2D eigenvalue weighted by atomic mass is 10.2. The van der Waals surface area contributed by atoms with E-state index in [1.807, 2.05) is 12.1 Å². The van der Waals surface area contributed by atoms with Crippen LogP contribution in [0.15, 0.2) is 42.6 Å². The zero-order valence-corrected chi connectivity index (χ0v) is 11.0. The fraction of sp³-hybridized carbons (Fsp3) is 0.0769. The Kier molecular flexibility index (Phi) is 4.12. The summed E-state index contributed by atoms with van der Waals surface area (Å²) in [6, 6.07) is 10.9. The van der Waals surface area contributed by atoms with Gasteiger partial charge in [0, 0.05) is 16.8 Å². The third-order valence-corrected chi connectivity index (χ3v) is 2.78. The number of ether oxygens (including phenoxy) is 1. The number of aromatic nitrogens is 1. The zero-order chi connectivity index (χ0) is 13.0. The van der Waals surface area contributed by atoms with Gasteiger partial charge in [0.05, 0.1) is 0 Å². The highest BCUT2D eigenvalue weighted by molar-refractivity contribution is 7.80. The summed E-state index contributed by atoms with van der Waals surface area (Å²) < 4.78 is 5.62. The van der Waals surface area contributed by atoms with Crippen molar-refractivity contribution in [2.45, 2.75) is 6.61 Å². The molecule has 2 aromatic rings. The summed E-state index contributed by atoms with van der Waals surface area (Å²) in [5.41, 5.74) is 7.06. The van der Waals surface area contributed by atoms with Gasteiger partial charge >= 0.3 is 0 Å². The number of benzene rings is 1. The second-order valence-electron chi connectivity index (χ2n) is 3.62. The summed E-state index contributed by atoms with van der Waals surface area (Å²) in [6.45, 7) is 0.363. The maximum absolute atomic E-state index is 5.80. The first-order valence-corrected chi connectivity index (χ1v) is 6.07. The Morgan fingerprint density at radius 1 is 1.28 bits per heavy atom. The van der Waals surface area contributed by atoms with Gasteiger partial charge in [0.15, 0.2) is 0 Å². The lowest BCUT2D eigenvalue weighted by Gasteiger charge is -2.09. The Bertz CT molecular complexity index is 557. The molecule has 5 heteroatoms. The van der Waals surface area contributed by atoms with E-state index >= 15 is 0 Å².